The highest BCUT2D eigenvalue weighted by Gasteiger charge is 2.18. The highest BCUT2D eigenvalue weighted by molar-refractivity contribution is 6.14. The van der Waals surface area contributed by atoms with Crippen LogP contribution in [0, 0.1) is 0 Å². The van der Waals surface area contributed by atoms with Crippen LogP contribution in [0.3, 0.4) is 0 Å². The molecule has 0 saturated carbocycles. The van der Waals surface area contributed by atoms with Crippen molar-refractivity contribution in [2.24, 2.45) is 0 Å². The summed E-state index contributed by atoms with van der Waals surface area (Å²) in [6.45, 7) is 0. The molecule has 10 rings (SSSR count). The molecule has 0 spiro atoms. The highest BCUT2D eigenvalue weighted by atomic mass is 15.1. The molecule has 6 heteroatoms. The maximum absolute atomic E-state index is 5.17. The van der Waals surface area contributed by atoms with E-state index in [1.807, 2.05) is 42.5 Å². The third-order valence-corrected chi connectivity index (χ3v) is 9.84. The van der Waals surface area contributed by atoms with Crippen LogP contribution in [0.15, 0.2) is 182 Å². The van der Waals surface area contributed by atoms with Crippen molar-refractivity contribution in [3.8, 4) is 67.9 Å². The topological polar surface area (TPSA) is 77.3 Å². The predicted molar refractivity (Wildman–Crippen MR) is 218 cm³/mol. The lowest BCUT2D eigenvalue weighted by molar-refractivity contribution is 1.05. The van der Waals surface area contributed by atoms with E-state index in [1.54, 1.807) is 12.4 Å². The number of rotatable bonds is 6. The van der Waals surface area contributed by atoms with Crippen LogP contribution in [0.1, 0.15) is 0 Å². The Labute approximate surface area is 311 Å². The predicted octanol–water partition coefficient (Wildman–Crippen LogP) is 11.5. The minimum Gasteiger partial charge on any atom is -0.253 e. The Morgan fingerprint density at radius 3 is 1.59 bits per heavy atom. The normalized spacial score (nSPS) is 11.3. The first-order valence-electron chi connectivity index (χ1n) is 17.9. The van der Waals surface area contributed by atoms with Gasteiger partial charge in [0.1, 0.15) is 11.4 Å². The first-order valence-corrected chi connectivity index (χ1v) is 17.9. The molecule has 6 aromatic carbocycles. The second-order valence-corrected chi connectivity index (χ2v) is 13.1. The molecule has 0 bridgehead atoms. The lowest BCUT2D eigenvalue weighted by Crippen LogP contribution is -2.02. The van der Waals surface area contributed by atoms with Crippen LogP contribution < -0.4 is 0 Å². The Balaban J connectivity index is 1.15. The molecule has 0 unspecified atom stereocenters. The molecule has 0 saturated heterocycles. The standard InChI is InChI=1S/C48H30N6/c1-2-14-32(15-3-1)44-30-40(45-36-18-5-4-13-31(36)23-26-41(45)51-44)34-17-12-16-33(29-34)35-24-25-39(38-20-7-6-19-37(35)38)46-52-47(42-21-8-10-27-49-42)54-48(53-46)43-22-9-11-28-50-43/h1-30H. The molecule has 252 valence electrons. The molecule has 0 atom stereocenters. The molecule has 0 amide bonds. The lowest BCUT2D eigenvalue weighted by Gasteiger charge is -2.15. The van der Waals surface area contributed by atoms with Crippen molar-refractivity contribution in [3.05, 3.63) is 182 Å². The Morgan fingerprint density at radius 2 is 0.889 bits per heavy atom. The van der Waals surface area contributed by atoms with E-state index in [9.17, 15) is 0 Å². The summed E-state index contributed by atoms with van der Waals surface area (Å²) in [5, 5.41) is 5.66. The van der Waals surface area contributed by atoms with Gasteiger partial charge in [0.25, 0.3) is 0 Å². The zero-order chi connectivity index (χ0) is 35.8. The lowest BCUT2D eigenvalue weighted by atomic mass is 9.90. The second-order valence-electron chi connectivity index (χ2n) is 13.1. The zero-order valence-corrected chi connectivity index (χ0v) is 29.0. The summed E-state index contributed by atoms with van der Waals surface area (Å²) < 4.78 is 0. The van der Waals surface area contributed by atoms with E-state index in [1.165, 1.54) is 10.8 Å². The molecule has 54 heavy (non-hydrogen) atoms. The summed E-state index contributed by atoms with van der Waals surface area (Å²) in [6.07, 6.45) is 3.49. The summed E-state index contributed by atoms with van der Waals surface area (Å²) in [7, 11) is 0. The van der Waals surface area contributed by atoms with Gasteiger partial charge in [-0.05, 0) is 92.3 Å². The molecule has 0 aliphatic heterocycles. The van der Waals surface area contributed by atoms with E-state index in [2.05, 4.69) is 137 Å². The van der Waals surface area contributed by atoms with Gasteiger partial charge < -0.3 is 0 Å². The van der Waals surface area contributed by atoms with Gasteiger partial charge in [0.2, 0.25) is 0 Å². The monoisotopic (exact) mass is 690 g/mol. The highest BCUT2D eigenvalue weighted by Crippen LogP contribution is 2.40. The molecule has 6 nitrogen and oxygen atoms in total. The number of nitrogens with zero attached hydrogens (tertiary/aromatic N) is 6. The van der Waals surface area contributed by atoms with E-state index in [-0.39, 0.29) is 0 Å². The Morgan fingerprint density at radius 1 is 0.315 bits per heavy atom. The van der Waals surface area contributed by atoms with E-state index >= 15 is 0 Å². The summed E-state index contributed by atoms with van der Waals surface area (Å²) in [5.74, 6) is 1.55. The van der Waals surface area contributed by atoms with Gasteiger partial charge in [-0.15, -0.1) is 0 Å². The molecule has 0 radical (unpaired) electrons. The third kappa shape index (κ3) is 5.63. The van der Waals surface area contributed by atoms with Gasteiger partial charge in [-0.25, -0.2) is 19.9 Å². The van der Waals surface area contributed by atoms with Crippen LogP contribution in [-0.2, 0) is 0 Å². The van der Waals surface area contributed by atoms with Crippen LogP contribution in [-0.4, -0.2) is 29.9 Å². The van der Waals surface area contributed by atoms with E-state index < -0.39 is 0 Å². The fourth-order valence-electron chi connectivity index (χ4n) is 7.31. The van der Waals surface area contributed by atoms with Gasteiger partial charge >= 0.3 is 0 Å². The van der Waals surface area contributed by atoms with Gasteiger partial charge in [0, 0.05) is 28.9 Å². The Kier molecular flexibility index (Phi) is 7.69. The molecular weight excluding hydrogens is 661 g/mol. The minimum atomic E-state index is 0.495. The fourth-order valence-corrected chi connectivity index (χ4v) is 7.31. The van der Waals surface area contributed by atoms with Crippen LogP contribution in [0.5, 0.6) is 0 Å². The SMILES string of the molecule is c1ccc(-c2cc(-c3cccc(-c4ccc(-c5nc(-c6ccccn6)nc(-c6ccccn6)n5)c5ccccc45)c3)c3c(ccc4ccccc43)n2)cc1. The third-order valence-electron chi connectivity index (χ3n) is 9.84. The largest absolute Gasteiger partial charge is 0.253 e. The van der Waals surface area contributed by atoms with Gasteiger partial charge in [0.15, 0.2) is 17.5 Å². The number of pyridine rings is 3. The maximum Gasteiger partial charge on any atom is 0.182 e. The van der Waals surface area contributed by atoms with Gasteiger partial charge in [-0.2, -0.15) is 0 Å². The van der Waals surface area contributed by atoms with Crippen LogP contribution >= 0.6 is 0 Å². The van der Waals surface area contributed by atoms with Gasteiger partial charge in [-0.3, -0.25) is 9.97 Å². The Bertz CT molecular complexity index is 2930. The molecule has 0 fully saturated rings. The van der Waals surface area contributed by atoms with Crippen molar-refractivity contribution >= 4 is 32.4 Å². The number of aromatic nitrogens is 6. The molecule has 0 aliphatic carbocycles. The number of hydrogen-bond acceptors (Lipinski definition) is 6. The van der Waals surface area contributed by atoms with Crippen molar-refractivity contribution in [1.82, 2.24) is 29.9 Å². The van der Waals surface area contributed by atoms with Crippen molar-refractivity contribution in [2.75, 3.05) is 0 Å². The quantitative estimate of drug-likeness (QED) is 0.162. The summed E-state index contributed by atoms with van der Waals surface area (Å²) in [5.41, 5.74) is 9.74. The zero-order valence-electron chi connectivity index (χ0n) is 29.0. The molecule has 0 N–H and O–H groups in total. The molecule has 4 aromatic heterocycles. The van der Waals surface area contributed by atoms with Crippen molar-refractivity contribution < 1.29 is 0 Å². The first-order chi connectivity index (χ1) is 26.8. The first kappa shape index (κ1) is 31.3. The Hall–Kier alpha value is -7.44. The van der Waals surface area contributed by atoms with Crippen LogP contribution in [0.4, 0.5) is 0 Å². The van der Waals surface area contributed by atoms with Crippen LogP contribution in [0.2, 0.25) is 0 Å². The minimum absolute atomic E-state index is 0.495. The molecule has 0 aliphatic rings. The summed E-state index contributed by atoms with van der Waals surface area (Å²) in [6, 6.07) is 58.5. The number of fused-ring (bicyclic) bond motifs is 4. The smallest absolute Gasteiger partial charge is 0.182 e. The summed E-state index contributed by atoms with van der Waals surface area (Å²) in [4.78, 5) is 29.0. The van der Waals surface area contributed by atoms with Gasteiger partial charge in [-0.1, -0.05) is 121 Å². The molecule has 10 aromatic rings. The van der Waals surface area contributed by atoms with E-state index in [4.69, 9.17) is 19.9 Å². The van der Waals surface area contributed by atoms with Crippen LogP contribution in [0.25, 0.3) is 100 Å². The van der Waals surface area contributed by atoms with Gasteiger partial charge in [0.05, 0.1) is 11.2 Å². The van der Waals surface area contributed by atoms with E-state index in [0.29, 0.717) is 28.9 Å². The fraction of sp³-hybridized carbons (Fsp3) is 0. The average Bonchev–Trinajstić information content (AvgIpc) is 3.26. The second kappa shape index (κ2) is 13.3. The summed E-state index contributed by atoms with van der Waals surface area (Å²) >= 11 is 0. The average molecular weight is 691 g/mol. The molecule has 4 heterocycles. The van der Waals surface area contributed by atoms with Crippen molar-refractivity contribution in [3.63, 3.8) is 0 Å². The number of benzene rings is 6. The van der Waals surface area contributed by atoms with E-state index in [0.717, 1.165) is 60.8 Å². The van der Waals surface area contributed by atoms with Crippen molar-refractivity contribution in [1.29, 1.82) is 0 Å². The number of hydrogen-bond donors (Lipinski definition) is 0. The molecular formula is C48H30N6. The maximum atomic E-state index is 5.17. The van der Waals surface area contributed by atoms with Crippen molar-refractivity contribution in [2.45, 2.75) is 0 Å².